The number of hydrogen-bond acceptors (Lipinski definition) is 3. The second-order valence-corrected chi connectivity index (χ2v) is 5.48. The Labute approximate surface area is 110 Å². The van der Waals surface area contributed by atoms with Gasteiger partial charge in [-0.15, -0.1) is 0 Å². The van der Waals surface area contributed by atoms with Crippen LogP contribution in [0.3, 0.4) is 0 Å². The number of amides is 1. The first kappa shape index (κ1) is 13.8. The third-order valence-corrected chi connectivity index (χ3v) is 4.29. The van der Waals surface area contributed by atoms with E-state index in [0.29, 0.717) is 12.6 Å². The normalized spacial score (nSPS) is 29.4. The Morgan fingerprint density at radius 2 is 1.94 bits per heavy atom. The zero-order valence-electron chi connectivity index (χ0n) is 11.4. The van der Waals surface area contributed by atoms with E-state index in [9.17, 15) is 4.79 Å². The van der Waals surface area contributed by atoms with E-state index in [2.05, 4.69) is 6.92 Å². The molecule has 4 nitrogen and oxygen atoms in total. The number of rotatable bonds is 4. The molecule has 1 heterocycles. The molecule has 2 fully saturated rings. The van der Waals surface area contributed by atoms with Gasteiger partial charge in [-0.3, -0.25) is 4.79 Å². The van der Waals surface area contributed by atoms with Crippen molar-refractivity contribution in [3.8, 4) is 0 Å². The smallest absolute Gasteiger partial charge is 0.251 e. The molecule has 2 aliphatic rings. The number of carbonyl (C=O) groups excluding carboxylic acids is 1. The van der Waals surface area contributed by atoms with Gasteiger partial charge in [-0.25, -0.2) is 0 Å². The van der Waals surface area contributed by atoms with Gasteiger partial charge >= 0.3 is 0 Å². The van der Waals surface area contributed by atoms with Crippen LogP contribution in [0, 0.1) is 0 Å². The van der Waals surface area contributed by atoms with Crippen LogP contribution in [0.2, 0.25) is 0 Å². The van der Waals surface area contributed by atoms with Gasteiger partial charge in [0, 0.05) is 19.1 Å². The predicted octanol–water partition coefficient (Wildman–Crippen LogP) is 1.67. The lowest BCUT2D eigenvalue weighted by molar-refractivity contribution is -0.145. The van der Waals surface area contributed by atoms with Crippen molar-refractivity contribution >= 4 is 5.91 Å². The summed E-state index contributed by atoms with van der Waals surface area (Å²) in [7, 11) is 0. The van der Waals surface area contributed by atoms with E-state index in [-0.39, 0.29) is 18.1 Å². The highest BCUT2D eigenvalue weighted by Gasteiger charge is 2.35. The summed E-state index contributed by atoms with van der Waals surface area (Å²) in [6.07, 6.45) is 7.76. The summed E-state index contributed by atoms with van der Waals surface area (Å²) in [5, 5.41) is 0. The predicted molar refractivity (Wildman–Crippen MR) is 71.2 cm³/mol. The van der Waals surface area contributed by atoms with E-state index in [1.807, 2.05) is 4.90 Å². The van der Waals surface area contributed by atoms with Gasteiger partial charge in [-0.2, -0.15) is 0 Å². The highest BCUT2D eigenvalue weighted by atomic mass is 16.5. The summed E-state index contributed by atoms with van der Waals surface area (Å²) in [5.74, 6) is 0.195. The maximum absolute atomic E-state index is 12.5. The quantitative estimate of drug-likeness (QED) is 0.830. The number of nitrogens with two attached hydrogens (primary N) is 1. The Hall–Kier alpha value is -0.610. The molecule has 4 heteroatoms. The van der Waals surface area contributed by atoms with Gasteiger partial charge in [-0.1, -0.05) is 19.3 Å². The van der Waals surface area contributed by atoms with E-state index in [1.54, 1.807) is 0 Å². The maximum atomic E-state index is 12.5. The van der Waals surface area contributed by atoms with Gasteiger partial charge in [0.2, 0.25) is 0 Å². The first-order valence-electron chi connectivity index (χ1n) is 7.42. The minimum atomic E-state index is -0.236. The molecule has 1 saturated heterocycles. The minimum absolute atomic E-state index is 0.0870. The van der Waals surface area contributed by atoms with Crippen molar-refractivity contribution in [3.63, 3.8) is 0 Å². The monoisotopic (exact) mass is 254 g/mol. The van der Waals surface area contributed by atoms with Crippen LogP contribution in [0.25, 0.3) is 0 Å². The van der Waals surface area contributed by atoms with E-state index in [0.717, 1.165) is 32.2 Å². The van der Waals surface area contributed by atoms with Gasteiger partial charge in [0.25, 0.3) is 5.91 Å². The van der Waals surface area contributed by atoms with Crippen LogP contribution in [0.4, 0.5) is 0 Å². The van der Waals surface area contributed by atoms with Crippen molar-refractivity contribution in [1.82, 2.24) is 4.90 Å². The van der Waals surface area contributed by atoms with E-state index >= 15 is 0 Å². The fourth-order valence-corrected chi connectivity index (χ4v) is 3.23. The van der Waals surface area contributed by atoms with E-state index in [4.69, 9.17) is 10.5 Å². The van der Waals surface area contributed by atoms with Crippen molar-refractivity contribution in [2.75, 3.05) is 13.1 Å². The Kier molecular flexibility index (Phi) is 5.01. The van der Waals surface area contributed by atoms with Crippen LogP contribution in [0.5, 0.6) is 0 Å². The summed E-state index contributed by atoms with van der Waals surface area (Å²) in [4.78, 5) is 14.5. The Morgan fingerprint density at radius 3 is 2.50 bits per heavy atom. The highest BCUT2D eigenvalue weighted by Crippen LogP contribution is 2.26. The minimum Gasteiger partial charge on any atom is -0.364 e. The lowest BCUT2D eigenvalue weighted by Crippen LogP contribution is -2.46. The molecule has 1 aliphatic carbocycles. The van der Waals surface area contributed by atoms with Crippen LogP contribution in [0.1, 0.15) is 51.9 Å². The molecule has 0 radical (unpaired) electrons. The van der Waals surface area contributed by atoms with Crippen molar-refractivity contribution in [2.45, 2.75) is 70.1 Å². The average Bonchev–Trinajstić information content (AvgIpc) is 2.89. The Morgan fingerprint density at radius 1 is 1.22 bits per heavy atom. The number of carbonyl (C=O) groups is 1. The first-order chi connectivity index (χ1) is 8.76. The maximum Gasteiger partial charge on any atom is 0.251 e. The summed E-state index contributed by atoms with van der Waals surface area (Å²) >= 11 is 0. The number of hydrogen-bond donors (Lipinski definition) is 1. The fourth-order valence-electron chi connectivity index (χ4n) is 3.23. The molecule has 0 aromatic carbocycles. The van der Waals surface area contributed by atoms with E-state index < -0.39 is 0 Å². The van der Waals surface area contributed by atoms with Crippen molar-refractivity contribution in [1.29, 1.82) is 0 Å². The van der Waals surface area contributed by atoms with Gasteiger partial charge in [-0.05, 0) is 32.6 Å². The SMILES string of the molecule is CCN(C(=O)[C@@H]1CC[C@H](CN)O1)C1CCCCC1. The summed E-state index contributed by atoms with van der Waals surface area (Å²) in [5.41, 5.74) is 5.60. The third-order valence-electron chi connectivity index (χ3n) is 4.29. The summed E-state index contributed by atoms with van der Waals surface area (Å²) in [6.45, 7) is 3.40. The summed E-state index contributed by atoms with van der Waals surface area (Å²) < 4.78 is 5.73. The van der Waals surface area contributed by atoms with Crippen LogP contribution >= 0.6 is 0 Å². The van der Waals surface area contributed by atoms with E-state index in [1.165, 1.54) is 19.3 Å². The molecular formula is C14H26N2O2. The van der Waals surface area contributed by atoms with Crippen molar-refractivity contribution in [3.05, 3.63) is 0 Å². The summed E-state index contributed by atoms with van der Waals surface area (Å²) in [6, 6.07) is 0.441. The molecule has 0 bridgehead atoms. The molecule has 2 atom stereocenters. The number of nitrogens with zero attached hydrogens (tertiary/aromatic N) is 1. The molecule has 1 saturated carbocycles. The van der Waals surface area contributed by atoms with Crippen LogP contribution < -0.4 is 5.73 Å². The number of likely N-dealkylation sites (N-methyl/N-ethyl adjacent to an activating group) is 1. The molecule has 1 aliphatic heterocycles. The van der Waals surface area contributed by atoms with Gasteiger partial charge < -0.3 is 15.4 Å². The second-order valence-electron chi connectivity index (χ2n) is 5.48. The third kappa shape index (κ3) is 3.04. The molecule has 104 valence electrons. The molecule has 18 heavy (non-hydrogen) atoms. The molecule has 2 rings (SSSR count). The Balaban J connectivity index is 1.92. The van der Waals surface area contributed by atoms with Crippen molar-refractivity contribution in [2.24, 2.45) is 5.73 Å². The first-order valence-corrected chi connectivity index (χ1v) is 7.42. The van der Waals surface area contributed by atoms with Crippen molar-refractivity contribution < 1.29 is 9.53 Å². The molecule has 0 aromatic rings. The standard InChI is InChI=1S/C14H26N2O2/c1-2-16(11-6-4-3-5-7-11)14(17)13-9-8-12(10-15)18-13/h11-13H,2-10,15H2,1H3/t12-,13+/m1/s1. The molecular weight excluding hydrogens is 228 g/mol. The van der Waals surface area contributed by atoms with Gasteiger partial charge in [0.05, 0.1) is 6.10 Å². The zero-order valence-corrected chi connectivity index (χ0v) is 11.4. The fraction of sp³-hybridized carbons (Fsp3) is 0.929. The second kappa shape index (κ2) is 6.53. The Bertz CT molecular complexity index is 277. The topological polar surface area (TPSA) is 55.6 Å². The average molecular weight is 254 g/mol. The number of ether oxygens (including phenoxy) is 1. The lowest BCUT2D eigenvalue weighted by Gasteiger charge is -2.35. The van der Waals surface area contributed by atoms with Gasteiger partial charge in [0.1, 0.15) is 6.10 Å². The molecule has 1 amide bonds. The molecule has 0 unspecified atom stereocenters. The highest BCUT2D eigenvalue weighted by molar-refractivity contribution is 5.81. The van der Waals surface area contributed by atoms with Gasteiger partial charge in [0.15, 0.2) is 0 Å². The molecule has 0 spiro atoms. The van der Waals surface area contributed by atoms with Crippen LogP contribution in [-0.4, -0.2) is 42.1 Å². The largest absolute Gasteiger partial charge is 0.364 e. The molecule has 0 aromatic heterocycles. The van der Waals surface area contributed by atoms with Crippen LogP contribution in [0.15, 0.2) is 0 Å². The molecule has 2 N–H and O–H groups in total. The lowest BCUT2D eigenvalue weighted by atomic mass is 9.93. The zero-order chi connectivity index (χ0) is 13.0. The van der Waals surface area contributed by atoms with Crippen LogP contribution in [-0.2, 0) is 9.53 Å².